The Morgan fingerprint density at radius 1 is 1.35 bits per heavy atom. The number of carbonyl (C=O) groups excluding carboxylic acids is 1. The van der Waals surface area contributed by atoms with Gasteiger partial charge in [0.05, 0.1) is 6.04 Å². The van der Waals surface area contributed by atoms with Crippen LogP contribution in [0.25, 0.3) is 0 Å². The van der Waals surface area contributed by atoms with Gasteiger partial charge in [0, 0.05) is 6.54 Å². The van der Waals surface area contributed by atoms with Crippen LogP contribution in [0.4, 0.5) is 0 Å². The maximum Gasteiger partial charge on any atom is 0.210 e. The smallest absolute Gasteiger partial charge is 0.210 e. The predicted octanol–water partition coefficient (Wildman–Crippen LogP) is 3.32. The first-order valence-corrected chi connectivity index (χ1v) is 6.65. The maximum absolute atomic E-state index is 11.1. The van der Waals surface area contributed by atoms with Gasteiger partial charge in [0.1, 0.15) is 0 Å². The molecule has 0 aliphatic carbocycles. The van der Waals surface area contributed by atoms with Crippen LogP contribution in [0.3, 0.4) is 0 Å². The molecule has 1 aromatic carbocycles. The van der Waals surface area contributed by atoms with Crippen molar-refractivity contribution in [3.8, 4) is 0 Å². The van der Waals surface area contributed by atoms with E-state index in [1.165, 1.54) is 30.4 Å². The summed E-state index contributed by atoms with van der Waals surface area (Å²) in [6, 6.07) is 8.87. The van der Waals surface area contributed by atoms with Crippen LogP contribution in [-0.2, 0) is 11.2 Å². The minimum Gasteiger partial charge on any atom is -0.338 e. The first-order chi connectivity index (χ1) is 8.36. The Kier molecular flexibility index (Phi) is 4.18. The van der Waals surface area contributed by atoms with Gasteiger partial charge < -0.3 is 4.90 Å². The van der Waals surface area contributed by atoms with Crippen molar-refractivity contribution in [2.24, 2.45) is 0 Å². The van der Waals surface area contributed by atoms with Gasteiger partial charge in [0.25, 0.3) is 0 Å². The molecule has 0 fully saturated rings. The molecular weight excluding hydrogens is 210 g/mol. The van der Waals surface area contributed by atoms with Gasteiger partial charge in [0.15, 0.2) is 0 Å². The second kappa shape index (κ2) is 5.85. The fraction of sp³-hybridized carbons (Fsp3) is 0.533. The summed E-state index contributed by atoms with van der Waals surface area (Å²) in [6.45, 7) is 3.09. The quantitative estimate of drug-likeness (QED) is 0.562. The first kappa shape index (κ1) is 12.2. The van der Waals surface area contributed by atoms with Gasteiger partial charge in [-0.3, -0.25) is 4.79 Å². The van der Waals surface area contributed by atoms with E-state index < -0.39 is 0 Å². The highest BCUT2D eigenvalue weighted by molar-refractivity contribution is 5.51. The molecule has 0 aromatic heterocycles. The molecule has 1 unspecified atom stereocenters. The second-order valence-electron chi connectivity index (χ2n) is 4.80. The third-order valence-corrected chi connectivity index (χ3v) is 3.67. The van der Waals surface area contributed by atoms with Crippen LogP contribution < -0.4 is 0 Å². The number of nitrogens with zero attached hydrogens (tertiary/aromatic N) is 1. The van der Waals surface area contributed by atoms with Crippen LogP contribution in [0, 0.1) is 0 Å². The number of benzene rings is 1. The van der Waals surface area contributed by atoms with E-state index in [2.05, 4.69) is 31.2 Å². The number of hydrogen-bond donors (Lipinski definition) is 0. The summed E-state index contributed by atoms with van der Waals surface area (Å²) in [4.78, 5) is 13.1. The van der Waals surface area contributed by atoms with E-state index in [0.717, 1.165) is 25.8 Å². The van der Waals surface area contributed by atoms with Crippen molar-refractivity contribution in [1.29, 1.82) is 0 Å². The summed E-state index contributed by atoms with van der Waals surface area (Å²) in [6.07, 6.45) is 6.82. The van der Waals surface area contributed by atoms with E-state index in [1.54, 1.807) is 0 Å². The van der Waals surface area contributed by atoms with Crippen molar-refractivity contribution >= 4 is 6.41 Å². The fourth-order valence-corrected chi connectivity index (χ4v) is 2.71. The molecule has 1 aromatic rings. The molecule has 1 amide bonds. The Labute approximate surface area is 104 Å². The van der Waals surface area contributed by atoms with E-state index in [1.807, 2.05) is 4.90 Å². The molecule has 1 heterocycles. The summed E-state index contributed by atoms with van der Waals surface area (Å²) in [5, 5.41) is 0. The van der Waals surface area contributed by atoms with Crippen LogP contribution in [0.2, 0.25) is 0 Å². The molecule has 0 bridgehead atoms. The highest BCUT2D eigenvalue weighted by Gasteiger charge is 2.25. The number of carbonyl (C=O) groups is 1. The Bertz CT molecular complexity index is 375. The summed E-state index contributed by atoms with van der Waals surface area (Å²) < 4.78 is 0. The number of amides is 1. The van der Waals surface area contributed by atoms with Crippen LogP contribution in [0.5, 0.6) is 0 Å². The van der Waals surface area contributed by atoms with Gasteiger partial charge in [-0.2, -0.15) is 0 Å². The maximum atomic E-state index is 11.1. The Morgan fingerprint density at radius 2 is 2.18 bits per heavy atom. The van der Waals surface area contributed by atoms with Crippen molar-refractivity contribution in [2.75, 3.05) is 6.54 Å². The molecular formula is C15H21NO. The third kappa shape index (κ3) is 2.68. The molecule has 17 heavy (non-hydrogen) atoms. The Hall–Kier alpha value is -1.31. The number of hydrogen-bond acceptors (Lipinski definition) is 1. The van der Waals surface area contributed by atoms with Crippen molar-refractivity contribution in [2.45, 2.75) is 45.1 Å². The molecule has 2 nitrogen and oxygen atoms in total. The zero-order valence-corrected chi connectivity index (χ0v) is 10.6. The van der Waals surface area contributed by atoms with E-state index in [9.17, 15) is 4.79 Å². The molecule has 0 spiro atoms. The van der Waals surface area contributed by atoms with Crippen LogP contribution >= 0.6 is 0 Å². The van der Waals surface area contributed by atoms with Gasteiger partial charge >= 0.3 is 0 Å². The van der Waals surface area contributed by atoms with Crippen LogP contribution in [-0.4, -0.2) is 17.9 Å². The standard InChI is InChI=1S/C15H21NO/c1-2-3-4-9-15-14-8-6-5-7-13(14)10-11-16(15)12-17/h5-8,12,15H,2-4,9-11H2,1H3. The Balaban J connectivity index is 2.15. The Morgan fingerprint density at radius 3 is 2.94 bits per heavy atom. The topological polar surface area (TPSA) is 20.3 Å². The molecule has 2 heteroatoms. The monoisotopic (exact) mass is 231 g/mol. The average Bonchev–Trinajstić information content (AvgIpc) is 2.39. The number of unbranched alkanes of at least 4 members (excludes halogenated alkanes) is 2. The molecule has 1 aliphatic rings. The fourth-order valence-electron chi connectivity index (χ4n) is 2.71. The van der Waals surface area contributed by atoms with Gasteiger partial charge in [-0.15, -0.1) is 0 Å². The van der Waals surface area contributed by atoms with E-state index in [4.69, 9.17) is 0 Å². The van der Waals surface area contributed by atoms with Crippen LogP contribution in [0.15, 0.2) is 24.3 Å². The molecule has 1 aliphatic heterocycles. The normalized spacial score (nSPS) is 18.9. The molecule has 1 atom stereocenters. The van der Waals surface area contributed by atoms with Crippen molar-refractivity contribution in [3.63, 3.8) is 0 Å². The average molecular weight is 231 g/mol. The highest BCUT2D eigenvalue weighted by atomic mass is 16.1. The summed E-state index contributed by atoms with van der Waals surface area (Å²) in [5.74, 6) is 0. The first-order valence-electron chi connectivity index (χ1n) is 6.65. The van der Waals surface area contributed by atoms with Crippen molar-refractivity contribution in [3.05, 3.63) is 35.4 Å². The molecule has 0 N–H and O–H groups in total. The van der Waals surface area contributed by atoms with Gasteiger partial charge in [-0.1, -0.05) is 50.5 Å². The lowest BCUT2D eigenvalue weighted by molar-refractivity contribution is -0.120. The van der Waals surface area contributed by atoms with Gasteiger partial charge in [0.2, 0.25) is 6.41 Å². The van der Waals surface area contributed by atoms with E-state index >= 15 is 0 Å². The lowest BCUT2D eigenvalue weighted by Crippen LogP contribution is -2.34. The number of rotatable bonds is 5. The zero-order chi connectivity index (χ0) is 12.1. The van der Waals surface area contributed by atoms with Crippen LogP contribution in [0.1, 0.15) is 49.8 Å². The SMILES string of the molecule is CCCCCC1c2ccccc2CCN1C=O. The highest BCUT2D eigenvalue weighted by Crippen LogP contribution is 2.32. The molecule has 0 radical (unpaired) electrons. The largest absolute Gasteiger partial charge is 0.338 e. The minimum atomic E-state index is 0.309. The predicted molar refractivity (Wildman–Crippen MR) is 69.8 cm³/mol. The lowest BCUT2D eigenvalue weighted by atomic mass is 9.90. The molecule has 2 rings (SSSR count). The van der Waals surface area contributed by atoms with Crippen molar-refractivity contribution < 1.29 is 4.79 Å². The molecule has 0 saturated carbocycles. The van der Waals surface area contributed by atoms with Gasteiger partial charge in [-0.05, 0) is 24.0 Å². The third-order valence-electron chi connectivity index (χ3n) is 3.67. The number of fused-ring (bicyclic) bond motifs is 1. The minimum absolute atomic E-state index is 0.309. The zero-order valence-electron chi connectivity index (χ0n) is 10.6. The summed E-state index contributed by atoms with van der Waals surface area (Å²) in [5.41, 5.74) is 2.79. The van der Waals surface area contributed by atoms with Crippen molar-refractivity contribution in [1.82, 2.24) is 4.90 Å². The van der Waals surface area contributed by atoms with Gasteiger partial charge in [-0.25, -0.2) is 0 Å². The second-order valence-corrected chi connectivity index (χ2v) is 4.80. The summed E-state index contributed by atoms with van der Waals surface area (Å²) >= 11 is 0. The van der Waals surface area contributed by atoms with E-state index in [0.29, 0.717) is 6.04 Å². The van der Waals surface area contributed by atoms with E-state index in [-0.39, 0.29) is 0 Å². The molecule has 0 saturated heterocycles. The molecule has 92 valence electrons. The summed E-state index contributed by atoms with van der Waals surface area (Å²) in [7, 11) is 0. The lowest BCUT2D eigenvalue weighted by Gasteiger charge is -2.34.